The van der Waals surface area contributed by atoms with Gasteiger partial charge in [0.05, 0.1) is 6.54 Å². The SMILES string of the molecule is O=C(O)c1ccc(CNc2ccccc2)o1. The minimum absolute atomic E-state index is 0.0372. The van der Waals surface area contributed by atoms with Crippen LogP contribution in [-0.4, -0.2) is 11.1 Å². The van der Waals surface area contributed by atoms with E-state index in [-0.39, 0.29) is 5.76 Å². The molecule has 0 radical (unpaired) electrons. The predicted molar refractivity (Wildman–Crippen MR) is 59.4 cm³/mol. The Balaban J connectivity index is 1.97. The smallest absolute Gasteiger partial charge is 0.371 e. The highest BCUT2D eigenvalue weighted by molar-refractivity contribution is 5.84. The summed E-state index contributed by atoms with van der Waals surface area (Å²) in [6.07, 6.45) is 0. The van der Waals surface area contributed by atoms with E-state index in [4.69, 9.17) is 9.52 Å². The molecule has 4 heteroatoms. The number of aromatic carboxylic acids is 1. The summed E-state index contributed by atoms with van der Waals surface area (Å²) in [5.74, 6) is -0.489. The average molecular weight is 217 g/mol. The molecule has 0 unspecified atom stereocenters. The summed E-state index contributed by atoms with van der Waals surface area (Å²) >= 11 is 0. The van der Waals surface area contributed by atoms with Gasteiger partial charge in [-0.1, -0.05) is 18.2 Å². The average Bonchev–Trinajstić information content (AvgIpc) is 2.76. The molecule has 0 aliphatic carbocycles. The van der Waals surface area contributed by atoms with E-state index in [0.29, 0.717) is 12.3 Å². The van der Waals surface area contributed by atoms with E-state index in [2.05, 4.69) is 5.32 Å². The van der Waals surface area contributed by atoms with Crippen LogP contribution in [-0.2, 0) is 6.54 Å². The van der Waals surface area contributed by atoms with Gasteiger partial charge in [-0.15, -0.1) is 0 Å². The Labute approximate surface area is 92.5 Å². The monoisotopic (exact) mass is 217 g/mol. The molecule has 0 saturated heterocycles. The summed E-state index contributed by atoms with van der Waals surface area (Å²) < 4.78 is 5.10. The first-order valence-corrected chi connectivity index (χ1v) is 4.86. The van der Waals surface area contributed by atoms with Crippen molar-refractivity contribution in [1.29, 1.82) is 0 Å². The zero-order valence-corrected chi connectivity index (χ0v) is 8.51. The number of rotatable bonds is 4. The van der Waals surface area contributed by atoms with Crippen molar-refractivity contribution in [3.05, 3.63) is 54.0 Å². The van der Waals surface area contributed by atoms with Crippen LogP contribution in [0, 0.1) is 0 Å². The highest BCUT2D eigenvalue weighted by Crippen LogP contribution is 2.11. The van der Waals surface area contributed by atoms with Crippen LogP contribution in [0.2, 0.25) is 0 Å². The van der Waals surface area contributed by atoms with Crippen LogP contribution in [0.15, 0.2) is 46.9 Å². The Bertz CT molecular complexity index is 476. The first-order chi connectivity index (χ1) is 7.75. The van der Waals surface area contributed by atoms with Crippen molar-refractivity contribution in [3.63, 3.8) is 0 Å². The lowest BCUT2D eigenvalue weighted by molar-refractivity contribution is 0.0660. The Morgan fingerprint density at radius 3 is 2.56 bits per heavy atom. The van der Waals surface area contributed by atoms with E-state index in [1.54, 1.807) is 6.07 Å². The van der Waals surface area contributed by atoms with Crippen LogP contribution in [0.1, 0.15) is 16.3 Å². The maximum Gasteiger partial charge on any atom is 0.371 e. The third-order valence-electron chi connectivity index (χ3n) is 2.11. The molecule has 0 aliphatic heterocycles. The number of para-hydroxylation sites is 1. The molecule has 1 heterocycles. The molecule has 82 valence electrons. The zero-order valence-electron chi connectivity index (χ0n) is 8.51. The van der Waals surface area contributed by atoms with Gasteiger partial charge in [0, 0.05) is 5.69 Å². The van der Waals surface area contributed by atoms with Gasteiger partial charge >= 0.3 is 5.97 Å². The Morgan fingerprint density at radius 1 is 1.19 bits per heavy atom. The molecule has 0 bridgehead atoms. The van der Waals surface area contributed by atoms with Crippen LogP contribution < -0.4 is 5.32 Å². The molecule has 0 saturated carbocycles. The second-order valence-corrected chi connectivity index (χ2v) is 3.29. The number of carboxylic acid groups (broad SMARTS) is 1. The van der Waals surface area contributed by atoms with E-state index in [9.17, 15) is 4.79 Å². The molecule has 0 aliphatic rings. The normalized spacial score (nSPS) is 10.0. The zero-order chi connectivity index (χ0) is 11.4. The maximum absolute atomic E-state index is 10.6. The standard InChI is InChI=1S/C12H11NO3/c14-12(15)11-7-6-10(16-11)8-13-9-4-2-1-3-5-9/h1-7,13H,8H2,(H,14,15). The molecule has 0 spiro atoms. The number of hydrogen-bond acceptors (Lipinski definition) is 3. The van der Waals surface area contributed by atoms with Crippen molar-refractivity contribution in [1.82, 2.24) is 0 Å². The molecular formula is C12H11NO3. The molecule has 16 heavy (non-hydrogen) atoms. The second kappa shape index (κ2) is 4.53. The van der Waals surface area contributed by atoms with E-state index >= 15 is 0 Å². The number of nitrogens with one attached hydrogen (secondary N) is 1. The van der Waals surface area contributed by atoms with E-state index in [1.807, 2.05) is 30.3 Å². The topological polar surface area (TPSA) is 62.5 Å². The number of furan rings is 1. The molecule has 2 N–H and O–H groups in total. The summed E-state index contributed by atoms with van der Waals surface area (Å²) in [4.78, 5) is 10.6. The first-order valence-electron chi connectivity index (χ1n) is 4.86. The molecule has 1 aromatic heterocycles. The largest absolute Gasteiger partial charge is 0.475 e. The van der Waals surface area contributed by atoms with Crippen LogP contribution in [0.4, 0.5) is 5.69 Å². The van der Waals surface area contributed by atoms with E-state index in [1.165, 1.54) is 6.07 Å². The summed E-state index contributed by atoms with van der Waals surface area (Å²) in [5, 5.41) is 11.8. The van der Waals surface area contributed by atoms with Crippen molar-refractivity contribution in [2.24, 2.45) is 0 Å². The predicted octanol–water partition coefficient (Wildman–Crippen LogP) is 2.59. The highest BCUT2D eigenvalue weighted by atomic mass is 16.4. The van der Waals surface area contributed by atoms with Gasteiger partial charge in [0.25, 0.3) is 0 Å². The van der Waals surface area contributed by atoms with Crippen molar-refractivity contribution in [3.8, 4) is 0 Å². The number of hydrogen-bond donors (Lipinski definition) is 2. The van der Waals surface area contributed by atoms with Gasteiger partial charge in [-0.2, -0.15) is 0 Å². The molecular weight excluding hydrogens is 206 g/mol. The van der Waals surface area contributed by atoms with Crippen molar-refractivity contribution in [2.75, 3.05) is 5.32 Å². The summed E-state index contributed by atoms with van der Waals surface area (Å²) in [6, 6.07) is 12.7. The minimum atomic E-state index is -1.05. The fourth-order valence-corrected chi connectivity index (χ4v) is 1.33. The summed E-state index contributed by atoms with van der Waals surface area (Å²) in [5.41, 5.74) is 0.968. The minimum Gasteiger partial charge on any atom is -0.475 e. The quantitative estimate of drug-likeness (QED) is 0.826. The van der Waals surface area contributed by atoms with Crippen LogP contribution in [0.3, 0.4) is 0 Å². The molecule has 4 nitrogen and oxygen atoms in total. The molecule has 2 rings (SSSR count). The van der Waals surface area contributed by atoms with Gasteiger partial charge in [-0.3, -0.25) is 0 Å². The van der Waals surface area contributed by atoms with Gasteiger partial charge in [0.1, 0.15) is 5.76 Å². The van der Waals surface area contributed by atoms with Crippen molar-refractivity contribution in [2.45, 2.75) is 6.54 Å². The molecule has 0 fully saturated rings. The van der Waals surface area contributed by atoms with Gasteiger partial charge in [0.2, 0.25) is 5.76 Å². The second-order valence-electron chi connectivity index (χ2n) is 3.29. The van der Waals surface area contributed by atoms with Crippen molar-refractivity contribution < 1.29 is 14.3 Å². The summed E-state index contributed by atoms with van der Waals surface area (Å²) in [7, 11) is 0. The van der Waals surface area contributed by atoms with E-state index < -0.39 is 5.97 Å². The van der Waals surface area contributed by atoms with Gasteiger partial charge in [-0.05, 0) is 24.3 Å². The Kier molecular flexibility index (Phi) is 2.91. The lowest BCUT2D eigenvalue weighted by Gasteiger charge is -2.02. The highest BCUT2D eigenvalue weighted by Gasteiger charge is 2.08. The number of benzene rings is 1. The molecule has 0 atom stereocenters. The van der Waals surface area contributed by atoms with Crippen LogP contribution in [0.25, 0.3) is 0 Å². The fraction of sp³-hybridized carbons (Fsp3) is 0.0833. The van der Waals surface area contributed by atoms with Gasteiger partial charge < -0.3 is 14.8 Å². The first kappa shape index (κ1) is 10.3. The third kappa shape index (κ3) is 2.42. The molecule has 0 amide bonds. The number of anilines is 1. The number of carboxylic acids is 1. The third-order valence-corrected chi connectivity index (χ3v) is 2.11. The Morgan fingerprint density at radius 2 is 1.94 bits per heavy atom. The van der Waals surface area contributed by atoms with Crippen LogP contribution in [0.5, 0.6) is 0 Å². The Hall–Kier alpha value is -2.23. The summed E-state index contributed by atoms with van der Waals surface area (Å²) in [6.45, 7) is 0.470. The van der Waals surface area contributed by atoms with Crippen LogP contribution >= 0.6 is 0 Å². The molecule has 2 aromatic rings. The fourth-order valence-electron chi connectivity index (χ4n) is 1.33. The molecule has 1 aromatic carbocycles. The lowest BCUT2D eigenvalue weighted by Crippen LogP contribution is -1.98. The maximum atomic E-state index is 10.6. The van der Waals surface area contributed by atoms with E-state index in [0.717, 1.165) is 5.69 Å². The van der Waals surface area contributed by atoms with Gasteiger partial charge in [-0.25, -0.2) is 4.79 Å². The lowest BCUT2D eigenvalue weighted by atomic mass is 10.3. The van der Waals surface area contributed by atoms with Crippen molar-refractivity contribution >= 4 is 11.7 Å². The number of carbonyl (C=O) groups is 1. The van der Waals surface area contributed by atoms with Gasteiger partial charge in [0.15, 0.2) is 0 Å².